The lowest BCUT2D eigenvalue weighted by Gasteiger charge is -2.35. The molecule has 8 heteroatoms. The minimum atomic E-state index is -0.410. The van der Waals surface area contributed by atoms with Gasteiger partial charge in [-0.05, 0) is 25.5 Å². The van der Waals surface area contributed by atoms with Gasteiger partial charge < -0.3 is 10.2 Å². The average Bonchev–Trinajstić information content (AvgIpc) is 2.55. The van der Waals surface area contributed by atoms with Crippen LogP contribution in [0.25, 0.3) is 0 Å². The summed E-state index contributed by atoms with van der Waals surface area (Å²) in [5.41, 5.74) is 0.596. The van der Waals surface area contributed by atoms with Gasteiger partial charge in [-0.25, -0.2) is 0 Å². The van der Waals surface area contributed by atoms with Crippen molar-refractivity contribution in [2.45, 2.75) is 26.3 Å². The molecule has 1 atom stereocenters. The Balaban J connectivity index is 1.94. The van der Waals surface area contributed by atoms with Crippen molar-refractivity contribution in [2.24, 2.45) is 0 Å². The maximum Gasteiger partial charge on any atom is 0.294 e. The molecule has 1 fully saturated rings. The quantitative estimate of drug-likeness (QED) is 0.626. The maximum atomic E-state index is 11.9. The summed E-state index contributed by atoms with van der Waals surface area (Å²) in [6.45, 7) is 7.03. The summed E-state index contributed by atoms with van der Waals surface area (Å²) in [6.07, 6.45) is 0.903. The van der Waals surface area contributed by atoms with Gasteiger partial charge >= 0.3 is 0 Å². The van der Waals surface area contributed by atoms with Gasteiger partial charge in [-0.15, -0.1) is 0 Å². The Morgan fingerprint density at radius 1 is 1.38 bits per heavy atom. The largest absolute Gasteiger partial charge is 0.363 e. The number of hydrogen-bond acceptors (Lipinski definition) is 5. The van der Waals surface area contributed by atoms with E-state index >= 15 is 0 Å². The van der Waals surface area contributed by atoms with Gasteiger partial charge in [0.1, 0.15) is 5.69 Å². The Morgan fingerprint density at radius 2 is 2.04 bits per heavy atom. The average molecular weight is 355 g/mol. The highest BCUT2D eigenvalue weighted by Crippen LogP contribution is 2.31. The first-order valence-corrected chi connectivity index (χ1v) is 8.49. The SMILES string of the molecule is CCC(C)NC(=O)CN1CCN(c2ccc(Cl)cc2[N+](=O)[O-])CC1. The van der Waals surface area contributed by atoms with E-state index in [4.69, 9.17) is 11.6 Å². The molecule has 1 unspecified atom stereocenters. The number of benzene rings is 1. The van der Waals surface area contributed by atoms with E-state index in [1.165, 1.54) is 6.07 Å². The Morgan fingerprint density at radius 3 is 2.62 bits per heavy atom. The minimum Gasteiger partial charge on any atom is -0.363 e. The number of amides is 1. The van der Waals surface area contributed by atoms with Crippen molar-refractivity contribution in [1.82, 2.24) is 10.2 Å². The smallest absolute Gasteiger partial charge is 0.294 e. The molecule has 0 bridgehead atoms. The molecule has 7 nitrogen and oxygen atoms in total. The number of carbonyl (C=O) groups excluding carboxylic acids is 1. The Bertz CT molecular complexity index is 603. The van der Waals surface area contributed by atoms with Crippen LogP contribution in [-0.4, -0.2) is 54.5 Å². The molecule has 1 saturated heterocycles. The molecule has 0 radical (unpaired) electrons. The van der Waals surface area contributed by atoms with Gasteiger partial charge in [0.25, 0.3) is 5.69 Å². The van der Waals surface area contributed by atoms with Crippen LogP contribution in [0.3, 0.4) is 0 Å². The zero-order valence-electron chi connectivity index (χ0n) is 14.0. The number of piperazine rings is 1. The summed E-state index contributed by atoms with van der Waals surface area (Å²) in [5.74, 6) is 0.0234. The zero-order valence-corrected chi connectivity index (χ0v) is 14.8. The molecule has 1 aliphatic heterocycles. The van der Waals surface area contributed by atoms with Gasteiger partial charge in [-0.2, -0.15) is 0 Å². The molecular weight excluding hydrogens is 332 g/mol. The highest BCUT2D eigenvalue weighted by atomic mass is 35.5. The molecule has 1 aromatic rings. The van der Waals surface area contributed by atoms with Crippen LogP contribution >= 0.6 is 11.6 Å². The monoisotopic (exact) mass is 354 g/mol. The van der Waals surface area contributed by atoms with Gasteiger partial charge in [0.15, 0.2) is 0 Å². The van der Waals surface area contributed by atoms with E-state index in [9.17, 15) is 14.9 Å². The molecule has 0 saturated carbocycles. The molecule has 1 amide bonds. The number of anilines is 1. The Labute approximate surface area is 146 Å². The second kappa shape index (κ2) is 8.30. The molecule has 24 heavy (non-hydrogen) atoms. The van der Waals surface area contributed by atoms with E-state index in [0.29, 0.717) is 43.4 Å². The number of halogens is 1. The standard InChI is InChI=1S/C16H23ClN4O3/c1-3-12(2)18-16(22)11-19-6-8-20(9-7-19)14-5-4-13(17)10-15(14)21(23)24/h4-5,10,12H,3,6-9,11H2,1-2H3,(H,18,22). The summed E-state index contributed by atoms with van der Waals surface area (Å²) in [5, 5.41) is 14.5. The van der Waals surface area contributed by atoms with Crippen LogP contribution in [0.2, 0.25) is 5.02 Å². The van der Waals surface area contributed by atoms with Gasteiger partial charge in [0.05, 0.1) is 11.5 Å². The highest BCUT2D eigenvalue weighted by Gasteiger charge is 2.24. The molecule has 1 heterocycles. The lowest BCUT2D eigenvalue weighted by molar-refractivity contribution is -0.384. The fourth-order valence-corrected chi connectivity index (χ4v) is 2.85. The Kier molecular flexibility index (Phi) is 6.39. The van der Waals surface area contributed by atoms with E-state index in [1.54, 1.807) is 12.1 Å². The third-order valence-corrected chi connectivity index (χ3v) is 4.47. The van der Waals surface area contributed by atoms with Crippen molar-refractivity contribution < 1.29 is 9.72 Å². The lowest BCUT2D eigenvalue weighted by Crippen LogP contribution is -2.50. The first kappa shape index (κ1) is 18.5. The molecule has 1 N–H and O–H groups in total. The van der Waals surface area contributed by atoms with Crippen LogP contribution in [0.1, 0.15) is 20.3 Å². The molecule has 0 spiro atoms. The van der Waals surface area contributed by atoms with Crippen molar-refractivity contribution in [2.75, 3.05) is 37.6 Å². The summed E-state index contributed by atoms with van der Waals surface area (Å²) in [6, 6.07) is 4.90. The number of hydrogen-bond donors (Lipinski definition) is 1. The fraction of sp³-hybridized carbons (Fsp3) is 0.562. The molecule has 2 rings (SSSR count). The van der Waals surface area contributed by atoms with Crippen LogP contribution < -0.4 is 10.2 Å². The number of carbonyl (C=O) groups is 1. The summed E-state index contributed by atoms with van der Waals surface area (Å²) < 4.78 is 0. The van der Waals surface area contributed by atoms with E-state index in [0.717, 1.165) is 6.42 Å². The summed E-state index contributed by atoms with van der Waals surface area (Å²) >= 11 is 5.86. The number of nitro benzene ring substituents is 1. The maximum absolute atomic E-state index is 11.9. The molecule has 0 aliphatic carbocycles. The van der Waals surface area contributed by atoms with Gasteiger partial charge in [0, 0.05) is 43.3 Å². The lowest BCUT2D eigenvalue weighted by atomic mass is 10.2. The number of rotatable bonds is 6. The zero-order chi connectivity index (χ0) is 17.7. The van der Waals surface area contributed by atoms with Gasteiger partial charge in [-0.3, -0.25) is 19.8 Å². The van der Waals surface area contributed by atoms with Crippen LogP contribution in [0.5, 0.6) is 0 Å². The van der Waals surface area contributed by atoms with Crippen molar-refractivity contribution in [3.05, 3.63) is 33.3 Å². The second-order valence-electron chi connectivity index (χ2n) is 6.03. The molecule has 0 aromatic heterocycles. The van der Waals surface area contributed by atoms with Crippen molar-refractivity contribution in [1.29, 1.82) is 0 Å². The topological polar surface area (TPSA) is 78.7 Å². The van der Waals surface area contributed by atoms with Gasteiger partial charge in [-0.1, -0.05) is 18.5 Å². The van der Waals surface area contributed by atoms with E-state index < -0.39 is 4.92 Å². The first-order valence-electron chi connectivity index (χ1n) is 8.11. The van der Waals surface area contributed by atoms with Crippen LogP contribution in [-0.2, 0) is 4.79 Å². The molecule has 1 aliphatic rings. The van der Waals surface area contributed by atoms with Crippen molar-refractivity contribution in [3.63, 3.8) is 0 Å². The minimum absolute atomic E-state index is 0.0189. The van der Waals surface area contributed by atoms with E-state index in [1.807, 2.05) is 18.7 Å². The Hall–Kier alpha value is -1.86. The van der Waals surface area contributed by atoms with E-state index in [-0.39, 0.29) is 17.6 Å². The second-order valence-corrected chi connectivity index (χ2v) is 6.47. The van der Waals surface area contributed by atoms with E-state index in [2.05, 4.69) is 10.2 Å². The molecule has 132 valence electrons. The highest BCUT2D eigenvalue weighted by molar-refractivity contribution is 6.30. The third kappa shape index (κ3) is 4.82. The number of nitrogens with one attached hydrogen (secondary N) is 1. The van der Waals surface area contributed by atoms with Crippen LogP contribution in [0.4, 0.5) is 11.4 Å². The number of nitro groups is 1. The fourth-order valence-electron chi connectivity index (χ4n) is 2.68. The molecule has 1 aromatic carbocycles. The normalized spacial score (nSPS) is 16.7. The van der Waals surface area contributed by atoms with Crippen molar-refractivity contribution >= 4 is 28.9 Å². The first-order chi connectivity index (χ1) is 11.4. The number of nitrogens with zero attached hydrogens (tertiary/aromatic N) is 3. The summed E-state index contributed by atoms with van der Waals surface area (Å²) in [7, 11) is 0. The summed E-state index contributed by atoms with van der Waals surface area (Å²) in [4.78, 5) is 26.8. The van der Waals surface area contributed by atoms with Crippen LogP contribution in [0, 0.1) is 10.1 Å². The molecular formula is C16H23ClN4O3. The predicted molar refractivity (Wildman–Crippen MR) is 94.7 cm³/mol. The van der Waals surface area contributed by atoms with Crippen LogP contribution in [0.15, 0.2) is 18.2 Å². The van der Waals surface area contributed by atoms with Crippen molar-refractivity contribution in [3.8, 4) is 0 Å². The van der Waals surface area contributed by atoms with Gasteiger partial charge in [0.2, 0.25) is 5.91 Å². The third-order valence-electron chi connectivity index (χ3n) is 4.23. The predicted octanol–water partition coefficient (Wildman–Crippen LogP) is 2.28.